The Morgan fingerprint density at radius 3 is 2.73 bits per heavy atom. The number of amides is 1. The number of aromatic nitrogens is 3. The fourth-order valence-corrected chi connectivity index (χ4v) is 2.27. The van der Waals surface area contributed by atoms with Crippen LogP contribution < -0.4 is 5.32 Å². The van der Waals surface area contributed by atoms with Gasteiger partial charge in [0.05, 0.1) is 11.9 Å². The zero-order valence-electron chi connectivity index (χ0n) is 12.2. The highest BCUT2D eigenvalue weighted by Gasteiger charge is 2.12. The summed E-state index contributed by atoms with van der Waals surface area (Å²) >= 11 is 0. The predicted octanol–water partition coefficient (Wildman–Crippen LogP) is 2.41. The first-order valence-corrected chi connectivity index (χ1v) is 7.00. The van der Waals surface area contributed by atoms with Crippen molar-refractivity contribution >= 4 is 5.91 Å². The first kappa shape index (κ1) is 14.0. The zero-order chi connectivity index (χ0) is 15.4. The Balaban J connectivity index is 1.81. The highest BCUT2D eigenvalue weighted by atomic mass is 16.1. The van der Waals surface area contributed by atoms with Crippen LogP contribution in [0.4, 0.5) is 0 Å². The normalized spacial score (nSPS) is 10.4. The third kappa shape index (κ3) is 3.03. The summed E-state index contributed by atoms with van der Waals surface area (Å²) in [7, 11) is 1.85. The molecule has 0 atom stereocenters. The predicted molar refractivity (Wildman–Crippen MR) is 84.1 cm³/mol. The quantitative estimate of drug-likeness (QED) is 0.803. The number of nitrogens with one attached hydrogen (secondary N) is 1. The maximum Gasteiger partial charge on any atom is 0.252 e. The first-order chi connectivity index (χ1) is 10.7. The van der Waals surface area contributed by atoms with Crippen LogP contribution in [0.2, 0.25) is 0 Å². The lowest BCUT2D eigenvalue weighted by Gasteiger charge is -2.09. The second-order valence-electron chi connectivity index (χ2n) is 4.97. The lowest BCUT2D eigenvalue weighted by atomic mass is 10.0. The number of carbonyl (C=O) groups is 1. The molecule has 5 nitrogen and oxygen atoms in total. The van der Waals surface area contributed by atoms with E-state index in [9.17, 15) is 4.79 Å². The van der Waals surface area contributed by atoms with Gasteiger partial charge in [-0.15, -0.1) is 0 Å². The van der Waals surface area contributed by atoms with Crippen LogP contribution >= 0.6 is 0 Å². The van der Waals surface area contributed by atoms with E-state index in [2.05, 4.69) is 15.4 Å². The van der Waals surface area contributed by atoms with Crippen LogP contribution in [-0.4, -0.2) is 20.7 Å². The highest BCUT2D eigenvalue weighted by molar-refractivity contribution is 6.00. The second-order valence-corrected chi connectivity index (χ2v) is 4.97. The summed E-state index contributed by atoms with van der Waals surface area (Å²) in [4.78, 5) is 16.8. The number of aryl methyl sites for hydroxylation is 1. The summed E-state index contributed by atoms with van der Waals surface area (Å²) in [5, 5.41) is 7.01. The van der Waals surface area contributed by atoms with E-state index >= 15 is 0 Å². The third-order valence-corrected chi connectivity index (χ3v) is 3.32. The van der Waals surface area contributed by atoms with Crippen molar-refractivity contribution in [2.24, 2.45) is 7.05 Å². The lowest BCUT2D eigenvalue weighted by Crippen LogP contribution is -2.23. The van der Waals surface area contributed by atoms with Crippen LogP contribution in [0, 0.1) is 0 Å². The standard InChI is InChI=1S/C17H16N4O/c1-21-12-13(11-20-21)10-19-17(22)15-7-3-2-6-14(15)16-8-4-5-9-18-16/h2-9,11-12H,10H2,1H3,(H,19,22). The van der Waals surface area contributed by atoms with Gasteiger partial charge in [-0.25, -0.2) is 0 Å². The van der Waals surface area contributed by atoms with Crippen LogP contribution in [0.3, 0.4) is 0 Å². The summed E-state index contributed by atoms with van der Waals surface area (Å²) in [6.07, 6.45) is 5.34. The SMILES string of the molecule is Cn1cc(CNC(=O)c2ccccc2-c2ccccn2)cn1. The molecule has 0 aliphatic carbocycles. The maximum atomic E-state index is 12.5. The van der Waals surface area contributed by atoms with Crippen molar-refractivity contribution in [1.29, 1.82) is 0 Å². The molecule has 0 aliphatic rings. The Kier molecular flexibility index (Phi) is 3.96. The fraction of sp³-hybridized carbons (Fsp3) is 0.118. The van der Waals surface area contributed by atoms with E-state index in [0.717, 1.165) is 16.8 Å². The van der Waals surface area contributed by atoms with E-state index in [0.29, 0.717) is 12.1 Å². The van der Waals surface area contributed by atoms with Gasteiger partial charge in [-0.3, -0.25) is 14.5 Å². The van der Waals surface area contributed by atoms with Crippen LogP contribution in [0.25, 0.3) is 11.3 Å². The van der Waals surface area contributed by atoms with Gasteiger partial charge in [0.2, 0.25) is 0 Å². The van der Waals surface area contributed by atoms with Crippen molar-refractivity contribution in [2.75, 3.05) is 0 Å². The van der Waals surface area contributed by atoms with Gasteiger partial charge in [0, 0.05) is 42.7 Å². The molecule has 110 valence electrons. The number of hydrogen-bond acceptors (Lipinski definition) is 3. The van der Waals surface area contributed by atoms with E-state index in [1.807, 2.05) is 55.7 Å². The van der Waals surface area contributed by atoms with Crippen molar-refractivity contribution < 1.29 is 4.79 Å². The monoisotopic (exact) mass is 292 g/mol. The van der Waals surface area contributed by atoms with Crippen LogP contribution in [0.5, 0.6) is 0 Å². The Labute approximate surface area is 128 Å². The number of carbonyl (C=O) groups excluding carboxylic acids is 1. The summed E-state index contributed by atoms with van der Waals surface area (Å²) < 4.78 is 1.71. The van der Waals surface area contributed by atoms with Crippen molar-refractivity contribution in [3.05, 3.63) is 72.2 Å². The minimum absolute atomic E-state index is 0.120. The van der Waals surface area contributed by atoms with Gasteiger partial charge in [0.25, 0.3) is 5.91 Å². The number of rotatable bonds is 4. The molecule has 22 heavy (non-hydrogen) atoms. The van der Waals surface area contributed by atoms with E-state index < -0.39 is 0 Å². The van der Waals surface area contributed by atoms with Gasteiger partial charge >= 0.3 is 0 Å². The zero-order valence-corrected chi connectivity index (χ0v) is 12.2. The number of hydrogen-bond donors (Lipinski definition) is 1. The number of benzene rings is 1. The van der Waals surface area contributed by atoms with E-state index in [4.69, 9.17) is 0 Å². The highest BCUT2D eigenvalue weighted by Crippen LogP contribution is 2.21. The molecule has 3 aromatic rings. The Hall–Kier alpha value is -2.95. The molecule has 1 aromatic carbocycles. The number of nitrogens with zero attached hydrogens (tertiary/aromatic N) is 3. The largest absolute Gasteiger partial charge is 0.348 e. The van der Waals surface area contributed by atoms with E-state index in [-0.39, 0.29) is 5.91 Å². The van der Waals surface area contributed by atoms with Gasteiger partial charge in [0.15, 0.2) is 0 Å². The molecule has 0 spiro atoms. The molecule has 1 amide bonds. The van der Waals surface area contributed by atoms with E-state index in [1.54, 1.807) is 17.1 Å². The summed E-state index contributed by atoms with van der Waals surface area (Å²) in [6.45, 7) is 0.448. The van der Waals surface area contributed by atoms with Gasteiger partial charge in [0.1, 0.15) is 0 Å². The molecule has 0 unspecified atom stereocenters. The van der Waals surface area contributed by atoms with Gasteiger partial charge in [-0.1, -0.05) is 24.3 Å². The van der Waals surface area contributed by atoms with Crippen molar-refractivity contribution in [3.8, 4) is 11.3 Å². The molecular formula is C17H16N4O. The smallest absolute Gasteiger partial charge is 0.252 e. The summed E-state index contributed by atoms with van der Waals surface area (Å²) in [5.41, 5.74) is 3.19. The molecule has 0 fully saturated rings. The molecule has 0 bridgehead atoms. The third-order valence-electron chi connectivity index (χ3n) is 3.32. The molecule has 5 heteroatoms. The van der Waals surface area contributed by atoms with Gasteiger partial charge < -0.3 is 5.32 Å². The second kappa shape index (κ2) is 6.22. The van der Waals surface area contributed by atoms with Crippen LogP contribution in [0.1, 0.15) is 15.9 Å². The first-order valence-electron chi connectivity index (χ1n) is 7.00. The minimum Gasteiger partial charge on any atom is -0.348 e. The van der Waals surface area contributed by atoms with Gasteiger partial charge in [-0.05, 0) is 18.2 Å². The Bertz CT molecular complexity index is 780. The van der Waals surface area contributed by atoms with Crippen LogP contribution in [0.15, 0.2) is 61.1 Å². The molecular weight excluding hydrogens is 276 g/mol. The average molecular weight is 292 g/mol. The molecule has 2 heterocycles. The van der Waals surface area contributed by atoms with Crippen molar-refractivity contribution in [3.63, 3.8) is 0 Å². The molecule has 2 aromatic heterocycles. The lowest BCUT2D eigenvalue weighted by molar-refractivity contribution is 0.0951. The number of pyridine rings is 1. The fourth-order valence-electron chi connectivity index (χ4n) is 2.27. The average Bonchev–Trinajstić information content (AvgIpc) is 2.99. The van der Waals surface area contributed by atoms with Crippen LogP contribution in [-0.2, 0) is 13.6 Å². The molecule has 0 radical (unpaired) electrons. The molecule has 3 rings (SSSR count). The van der Waals surface area contributed by atoms with Gasteiger partial charge in [-0.2, -0.15) is 5.10 Å². The molecule has 0 aliphatic heterocycles. The Morgan fingerprint density at radius 2 is 2.00 bits per heavy atom. The van der Waals surface area contributed by atoms with E-state index in [1.165, 1.54) is 0 Å². The minimum atomic E-state index is -0.120. The summed E-state index contributed by atoms with van der Waals surface area (Å²) in [6, 6.07) is 13.1. The maximum absolute atomic E-state index is 12.5. The topological polar surface area (TPSA) is 59.8 Å². The van der Waals surface area contributed by atoms with Crippen molar-refractivity contribution in [1.82, 2.24) is 20.1 Å². The molecule has 0 saturated heterocycles. The van der Waals surface area contributed by atoms with Crippen molar-refractivity contribution in [2.45, 2.75) is 6.54 Å². The molecule has 0 saturated carbocycles. The Morgan fingerprint density at radius 1 is 1.18 bits per heavy atom. The summed E-state index contributed by atoms with van der Waals surface area (Å²) in [5.74, 6) is -0.120. The molecule has 1 N–H and O–H groups in total.